The second-order valence-corrected chi connectivity index (χ2v) is 8.56. The van der Waals surface area contributed by atoms with Crippen LogP contribution in [-0.2, 0) is 21.1 Å². The van der Waals surface area contributed by atoms with Crippen LogP contribution >= 0.6 is 0 Å². The van der Waals surface area contributed by atoms with Crippen molar-refractivity contribution in [2.24, 2.45) is 0 Å². The van der Waals surface area contributed by atoms with Crippen molar-refractivity contribution in [2.75, 3.05) is 12.9 Å². The van der Waals surface area contributed by atoms with Gasteiger partial charge in [-0.2, -0.15) is 0 Å². The fraction of sp³-hybridized carbons (Fsp3) is 0.350. The summed E-state index contributed by atoms with van der Waals surface area (Å²) in [5.74, 6) is 0.154. The number of benzene rings is 2. The summed E-state index contributed by atoms with van der Waals surface area (Å²) >= 11 is 0. The molecule has 1 aliphatic carbocycles. The van der Waals surface area contributed by atoms with Gasteiger partial charge in [0.1, 0.15) is 5.75 Å². The Bertz CT molecular complexity index is 875. The van der Waals surface area contributed by atoms with Crippen LogP contribution in [0.3, 0.4) is 0 Å². The first-order chi connectivity index (χ1) is 12.5. The number of aryl methyl sites for hydroxylation is 1. The van der Waals surface area contributed by atoms with E-state index in [1.165, 1.54) is 24.8 Å². The Labute approximate surface area is 154 Å². The van der Waals surface area contributed by atoms with Gasteiger partial charge in [0.25, 0.3) is 0 Å². The largest absolute Gasteiger partial charge is 0.497 e. The predicted octanol–water partition coefficient (Wildman–Crippen LogP) is 3.05. The van der Waals surface area contributed by atoms with Crippen molar-refractivity contribution in [3.63, 3.8) is 0 Å². The van der Waals surface area contributed by atoms with Gasteiger partial charge in [0, 0.05) is 6.42 Å². The Kier molecular flexibility index (Phi) is 5.61. The Morgan fingerprint density at radius 2 is 1.88 bits per heavy atom. The lowest BCUT2D eigenvalue weighted by Gasteiger charge is -2.26. The Morgan fingerprint density at radius 1 is 1.15 bits per heavy atom. The molecule has 1 amide bonds. The minimum Gasteiger partial charge on any atom is -0.497 e. The molecule has 0 spiro atoms. The summed E-state index contributed by atoms with van der Waals surface area (Å²) < 4.78 is 29.8. The van der Waals surface area contributed by atoms with E-state index >= 15 is 0 Å². The fourth-order valence-electron chi connectivity index (χ4n) is 3.30. The first-order valence-electron chi connectivity index (χ1n) is 8.73. The minimum atomic E-state index is -3.50. The summed E-state index contributed by atoms with van der Waals surface area (Å²) in [6, 6.07) is 14.3. The molecule has 1 aliphatic rings. The molecule has 1 atom stereocenters. The molecule has 3 rings (SSSR count). The fourth-order valence-corrected chi connectivity index (χ4v) is 4.54. The molecule has 138 valence electrons. The van der Waals surface area contributed by atoms with Crippen LogP contribution in [0.25, 0.3) is 0 Å². The van der Waals surface area contributed by atoms with Gasteiger partial charge in [0.2, 0.25) is 5.91 Å². The highest BCUT2D eigenvalue weighted by Gasteiger charge is 2.22. The van der Waals surface area contributed by atoms with Crippen molar-refractivity contribution in [1.29, 1.82) is 0 Å². The molecule has 0 fully saturated rings. The molecular formula is C20H23NO4S. The van der Waals surface area contributed by atoms with Crippen LogP contribution in [0.2, 0.25) is 0 Å². The lowest BCUT2D eigenvalue weighted by Crippen LogP contribution is -2.32. The van der Waals surface area contributed by atoms with Gasteiger partial charge < -0.3 is 10.1 Å². The minimum absolute atomic E-state index is 0.0314. The number of nitrogens with one attached hydrogen (secondary N) is 1. The maximum Gasteiger partial charge on any atom is 0.221 e. The van der Waals surface area contributed by atoms with Crippen LogP contribution in [0.15, 0.2) is 53.4 Å². The maximum absolute atomic E-state index is 12.4. The number of ether oxygens (including phenoxy) is 1. The van der Waals surface area contributed by atoms with Crippen molar-refractivity contribution >= 4 is 15.7 Å². The van der Waals surface area contributed by atoms with E-state index in [2.05, 4.69) is 11.4 Å². The first-order valence-corrected chi connectivity index (χ1v) is 10.4. The molecule has 5 nitrogen and oxygen atoms in total. The van der Waals surface area contributed by atoms with Crippen LogP contribution in [0, 0.1) is 0 Å². The lowest BCUT2D eigenvalue weighted by molar-refractivity contribution is -0.121. The zero-order chi connectivity index (χ0) is 18.6. The van der Waals surface area contributed by atoms with Crippen LogP contribution in [0.5, 0.6) is 5.75 Å². The van der Waals surface area contributed by atoms with Gasteiger partial charge in [0.15, 0.2) is 9.84 Å². The van der Waals surface area contributed by atoms with Gasteiger partial charge in [-0.25, -0.2) is 8.42 Å². The van der Waals surface area contributed by atoms with Gasteiger partial charge in [-0.1, -0.05) is 24.3 Å². The van der Waals surface area contributed by atoms with Gasteiger partial charge in [-0.3, -0.25) is 4.79 Å². The third-order valence-corrected chi connectivity index (χ3v) is 6.45. The standard InChI is InChI=1S/C20H23NO4S/c1-25-16-9-11-17(12-10-16)26(23,24)14-13-20(22)21-19-8-4-6-15-5-2-3-7-18(15)19/h2-3,5,7,9-12,19H,4,6,8,13-14H2,1H3,(H,21,22). The molecule has 0 bridgehead atoms. The lowest BCUT2D eigenvalue weighted by atomic mass is 9.88. The van der Waals surface area contributed by atoms with Crippen molar-refractivity contribution < 1.29 is 17.9 Å². The number of methoxy groups -OCH3 is 1. The van der Waals surface area contributed by atoms with Crippen molar-refractivity contribution in [3.05, 3.63) is 59.7 Å². The SMILES string of the molecule is COc1ccc(S(=O)(=O)CCC(=O)NC2CCCc3ccccc32)cc1. The highest BCUT2D eigenvalue weighted by atomic mass is 32.2. The third kappa shape index (κ3) is 4.25. The number of carbonyl (C=O) groups is 1. The Hall–Kier alpha value is -2.34. The first kappa shape index (κ1) is 18.5. The van der Waals surface area contributed by atoms with Gasteiger partial charge in [0.05, 0.1) is 23.8 Å². The summed E-state index contributed by atoms with van der Waals surface area (Å²) in [5, 5.41) is 2.99. The monoisotopic (exact) mass is 373 g/mol. The van der Waals surface area contributed by atoms with E-state index in [1.807, 2.05) is 18.2 Å². The second kappa shape index (κ2) is 7.91. The molecule has 0 aromatic heterocycles. The van der Waals surface area contributed by atoms with E-state index in [1.54, 1.807) is 12.1 Å². The summed E-state index contributed by atoms with van der Waals surface area (Å²) in [6.45, 7) is 0. The third-order valence-electron chi connectivity index (χ3n) is 4.72. The Balaban J connectivity index is 1.60. The van der Waals surface area contributed by atoms with E-state index in [4.69, 9.17) is 4.74 Å². The van der Waals surface area contributed by atoms with Gasteiger partial charge in [-0.15, -0.1) is 0 Å². The van der Waals surface area contributed by atoms with Crippen molar-refractivity contribution in [1.82, 2.24) is 5.32 Å². The summed E-state index contributed by atoms with van der Waals surface area (Å²) in [5.41, 5.74) is 2.40. The quantitative estimate of drug-likeness (QED) is 0.845. The smallest absolute Gasteiger partial charge is 0.221 e. The van der Waals surface area contributed by atoms with Gasteiger partial charge >= 0.3 is 0 Å². The number of fused-ring (bicyclic) bond motifs is 1. The topological polar surface area (TPSA) is 72.5 Å². The van der Waals surface area contributed by atoms with Crippen molar-refractivity contribution in [3.8, 4) is 5.75 Å². The number of hydrogen-bond acceptors (Lipinski definition) is 4. The molecular weight excluding hydrogens is 350 g/mol. The molecule has 0 heterocycles. The highest BCUT2D eigenvalue weighted by molar-refractivity contribution is 7.91. The van der Waals surface area contributed by atoms with E-state index < -0.39 is 9.84 Å². The molecule has 0 saturated carbocycles. The van der Waals surface area contributed by atoms with E-state index in [-0.39, 0.29) is 29.0 Å². The van der Waals surface area contributed by atoms with E-state index in [0.29, 0.717) is 5.75 Å². The summed E-state index contributed by atoms with van der Waals surface area (Å²) in [7, 11) is -1.97. The zero-order valence-electron chi connectivity index (χ0n) is 14.8. The average molecular weight is 373 g/mol. The normalized spacial score (nSPS) is 16.6. The van der Waals surface area contributed by atoms with Crippen LogP contribution in [-0.4, -0.2) is 27.2 Å². The molecule has 0 saturated heterocycles. The van der Waals surface area contributed by atoms with Crippen LogP contribution < -0.4 is 10.1 Å². The average Bonchev–Trinajstić information content (AvgIpc) is 2.67. The van der Waals surface area contributed by atoms with Crippen molar-refractivity contribution in [2.45, 2.75) is 36.6 Å². The van der Waals surface area contributed by atoms with Gasteiger partial charge in [-0.05, 0) is 54.7 Å². The summed E-state index contributed by atoms with van der Waals surface area (Å²) in [4.78, 5) is 12.5. The summed E-state index contributed by atoms with van der Waals surface area (Å²) in [6.07, 6.45) is 2.88. The predicted molar refractivity (Wildman–Crippen MR) is 99.9 cm³/mol. The number of hydrogen-bond donors (Lipinski definition) is 1. The molecule has 1 unspecified atom stereocenters. The number of carbonyl (C=O) groups excluding carboxylic acids is 1. The van der Waals surface area contributed by atoms with E-state index in [9.17, 15) is 13.2 Å². The Morgan fingerprint density at radius 3 is 2.62 bits per heavy atom. The number of rotatable bonds is 6. The molecule has 2 aromatic rings. The maximum atomic E-state index is 12.4. The molecule has 2 aromatic carbocycles. The zero-order valence-corrected chi connectivity index (χ0v) is 15.6. The molecule has 26 heavy (non-hydrogen) atoms. The molecule has 0 radical (unpaired) electrons. The molecule has 0 aliphatic heterocycles. The van der Waals surface area contributed by atoms with Crippen LogP contribution in [0.4, 0.5) is 0 Å². The second-order valence-electron chi connectivity index (χ2n) is 6.46. The molecule has 6 heteroatoms. The van der Waals surface area contributed by atoms with E-state index in [0.717, 1.165) is 24.8 Å². The highest BCUT2D eigenvalue weighted by Crippen LogP contribution is 2.29. The molecule has 1 N–H and O–H groups in total. The number of sulfone groups is 1. The van der Waals surface area contributed by atoms with Crippen LogP contribution in [0.1, 0.15) is 36.4 Å². The number of amides is 1.